The zero-order valence-electron chi connectivity index (χ0n) is 8.99. The molecular weight excluding hydrogens is 224 g/mol. The molecule has 1 radical (unpaired) electrons. The molecule has 0 N–H and O–H groups in total. The molecule has 0 heterocycles. The van der Waals surface area contributed by atoms with E-state index in [1.54, 1.807) is 0 Å². The largest absolute Gasteiger partial charge is 0.457 e. The highest BCUT2D eigenvalue weighted by atomic mass is 35.5. The van der Waals surface area contributed by atoms with E-state index in [0.717, 1.165) is 24.3 Å². The number of ether oxygens (including phenoxy) is 1. The van der Waals surface area contributed by atoms with Crippen LogP contribution >= 0.6 is 11.6 Å². The zero-order chi connectivity index (χ0) is 11.6. The minimum absolute atomic E-state index is 0.404. The summed E-state index contributed by atoms with van der Waals surface area (Å²) in [5.41, 5.74) is 1.27. The average molecular weight is 238 g/mol. The van der Waals surface area contributed by atoms with E-state index in [9.17, 15) is 4.79 Å². The van der Waals surface area contributed by atoms with E-state index in [1.165, 1.54) is 12.0 Å². The lowest BCUT2D eigenvalue weighted by Gasteiger charge is -1.98. The number of hydrogen-bond acceptors (Lipinski definition) is 2. The molecule has 0 fully saturated rings. The van der Waals surface area contributed by atoms with E-state index in [0.29, 0.717) is 6.61 Å². The maximum atomic E-state index is 9.72. The molecule has 0 saturated heterocycles. The van der Waals surface area contributed by atoms with Crippen molar-refractivity contribution < 1.29 is 9.53 Å². The van der Waals surface area contributed by atoms with Crippen molar-refractivity contribution >= 4 is 18.1 Å². The van der Waals surface area contributed by atoms with Crippen LogP contribution < -0.4 is 0 Å². The van der Waals surface area contributed by atoms with Crippen molar-refractivity contribution in [3.05, 3.63) is 47.0 Å². The Labute approximate surface area is 101 Å². The van der Waals surface area contributed by atoms with Crippen LogP contribution in [0.5, 0.6) is 0 Å². The normalized spacial score (nSPS) is 10.6. The van der Waals surface area contributed by atoms with Crippen molar-refractivity contribution in [1.82, 2.24) is 0 Å². The molecule has 0 aliphatic heterocycles. The first-order chi connectivity index (χ1) is 7.83. The fourth-order valence-electron chi connectivity index (χ4n) is 1.31. The second kappa shape index (κ2) is 7.94. The fraction of sp³-hybridized carbons (Fsp3) is 0.308. The average Bonchev–Trinajstić information content (AvgIpc) is 2.30. The van der Waals surface area contributed by atoms with Crippen LogP contribution in [-0.2, 0) is 16.0 Å². The molecule has 16 heavy (non-hydrogen) atoms. The third-order valence-electron chi connectivity index (χ3n) is 2.13. The molecule has 0 aromatic heterocycles. The molecule has 85 valence electrons. The van der Waals surface area contributed by atoms with Crippen molar-refractivity contribution in [2.45, 2.75) is 19.3 Å². The molecule has 1 rings (SSSR count). The number of halogens is 1. The van der Waals surface area contributed by atoms with Gasteiger partial charge in [0.25, 0.3) is 0 Å². The molecule has 0 atom stereocenters. The van der Waals surface area contributed by atoms with Crippen LogP contribution in [0.25, 0.3) is 0 Å². The minimum Gasteiger partial charge on any atom is -0.457 e. The highest BCUT2D eigenvalue weighted by Gasteiger charge is 1.91. The monoisotopic (exact) mass is 237 g/mol. The summed E-state index contributed by atoms with van der Waals surface area (Å²) in [6.07, 6.45) is 6.81. The topological polar surface area (TPSA) is 26.3 Å². The van der Waals surface area contributed by atoms with Gasteiger partial charge in [0.1, 0.15) is 0 Å². The third-order valence-corrected chi connectivity index (χ3v) is 2.38. The molecule has 0 aliphatic carbocycles. The van der Waals surface area contributed by atoms with Crippen molar-refractivity contribution in [3.63, 3.8) is 0 Å². The standard InChI is InChI=1S/C13H14ClO2/c14-13-8-6-12(7-9-13)5-3-1-2-4-10-16-11-15/h1-2,6-9H,3-5,10H2. The quantitative estimate of drug-likeness (QED) is 0.537. The van der Waals surface area contributed by atoms with Crippen LogP contribution in [0, 0.1) is 0 Å². The Balaban J connectivity index is 2.15. The summed E-state index contributed by atoms with van der Waals surface area (Å²) in [5, 5.41) is 0.765. The van der Waals surface area contributed by atoms with Gasteiger partial charge in [-0.3, -0.25) is 0 Å². The summed E-state index contributed by atoms with van der Waals surface area (Å²) in [7, 11) is 0. The summed E-state index contributed by atoms with van der Waals surface area (Å²) in [6, 6.07) is 7.85. The Morgan fingerprint density at radius 3 is 2.56 bits per heavy atom. The number of carbonyl (C=O) groups excluding carboxylic acids is 1. The lowest BCUT2D eigenvalue weighted by molar-refractivity contribution is 0.284. The second-order valence-corrected chi connectivity index (χ2v) is 3.79. The zero-order valence-corrected chi connectivity index (χ0v) is 9.74. The van der Waals surface area contributed by atoms with E-state index in [4.69, 9.17) is 11.6 Å². The van der Waals surface area contributed by atoms with Crippen LogP contribution in [0.2, 0.25) is 5.02 Å². The van der Waals surface area contributed by atoms with E-state index in [-0.39, 0.29) is 0 Å². The van der Waals surface area contributed by atoms with Crippen LogP contribution in [-0.4, -0.2) is 13.1 Å². The lowest BCUT2D eigenvalue weighted by atomic mass is 10.1. The first-order valence-corrected chi connectivity index (χ1v) is 5.59. The number of allylic oxidation sites excluding steroid dienone is 1. The predicted octanol–water partition coefficient (Wildman–Crippen LogP) is 3.30. The Kier molecular flexibility index (Phi) is 6.35. The van der Waals surface area contributed by atoms with Crippen molar-refractivity contribution in [1.29, 1.82) is 0 Å². The predicted molar refractivity (Wildman–Crippen MR) is 65.2 cm³/mol. The molecular formula is C13H14ClO2. The first-order valence-electron chi connectivity index (χ1n) is 5.21. The molecule has 0 amide bonds. The van der Waals surface area contributed by atoms with Crippen LogP contribution in [0.1, 0.15) is 18.4 Å². The molecule has 0 bridgehead atoms. The van der Waals surface area contributed by atoms with E-state index < -0.39 is 0 Å². The van der Waals surface area contributed by atoms with E-state index in [1.807, 2.05) is 30.3 Å². The number of hydrogen-bond donors (Lipinski definition) is 0. The smallest absolute Gasteiger partial charge is 0.417 e. The molecule has 1 aromatic rings. The van der Waals surface area contributed by atoms with Crippen LogP contribution in [0.15, 0.2) is 36.4 Å². The van der Waals surface area contributed by atoms with Gasteiger partial charge in [-0.1, -0.05) is 35.9 Å². The van der Waals surface area contributed by atoms with Gasteiger partial charge in [-0.05, 0) is 37.0 Å². The lowest BCUT2D eigenvalue weighted by Crippen LogP contribution is -1.88. The maximum absolute atomic E-state index is 9.72. The SMILES string of the molecule is O=[C]OCCC=CCCc1ccc(Cl)cc1. The summed E-state index contributed by atoms with van der Waals surface area (Å²) < 4.78 is 4.44. The Morgan fingerprint density at radius 1 is 1.19 bits per heavy atom. The minimum atomic E-state index is 0.404. The molecule has 0 saturated carbocycles. The molecule has 3 heteroatoms. The maximum Gasteiger partial charge on any atom is 0.417 e. The molecule has 0 unspecified atom stereocenters. The highest BCUT2D eigenvalue weighted by Crippen LogP contribution is 2.11. The fourth-order valence-corrected chi connectivity index (χ4v) is 1.43. The summed E-state index contributed by atoms with van der Waals surface area (Å²) >= 11 is 5.78. The molecule has 1 aromatic carbocycles. The highest BCUT2D eigenvalue weighted by molar-refractivity contribution is 6.30. The summed E-state index contributed by atoms with van der Waals surface area (Å²) in [5.74, 6) is 0. The Hall–Kier alpha value is -1.28. The van der Waals surface area contributed by atoms with Gasteiger partial charge in [-0.15, -0.1) is 0 Å². The Bertz CT molecular complexity index is 330. The number of aryl methyl sites for hydroxylation is 1. The van der Waals surface area contributed by atoms with Crippen molar-refractivity contribution in [3.8, 4) is 0 Å². The number of benzene rings is 1. The van der Waals surface area contributed by atoms with Gasteiger partial charge in [0.05, 0.1) is 6.61 Å². The third kappa shape index (κ3) is 5.56. The van der Waals surface area contributed by atoms with Crippen LogP contribution in [0.4, 0.5) is 0 Å². The van der Waals surface area contributed by atoms with Gasteiger partial charge in [0, 0.05) is 5.02 Å². The molecule has 0 spiro atoms. The van der Waals surface area contributed by atoms with Gasteiger partial charge in [0.15, 0.2) is 0 Å². The van der Waals surface area contributed by atoms with E-state index >= 15 is 0 Å². The van der Waals surface area contributed by atoms with Crippen molar-refractivity contribution in [2.24, 2.45) is 0 Å². The van der Waals surface area contributed by atoms with Gasteiger partial charge in [-0.2, -0.15) is 0 Å². The summed E-state index contributed by atoms with van der Waals surface area (Å²) in [6.45, 7) is 1.80. The van der Waals surface area contributed by atoms with Gasteiger partial charge in [0.2, 0.25) is 0 Å². The van der Waals surface area contributed by atoms with Crippen LogP contribution in [0.3, 0.4) is 0 Å². The Morgan fingerprint density at radius 2 is 1.88 bits per heavy atom. The molecule has 2 nitrogen and oxygen atoms in total. The van der Waals surface area contributed by atoms with Gasteiger partial charge < -0.3 is 4.74 Å². The molecule has 0 aliphatic rings. The number of rotatable bonds is 7. The van der Waals surface area contributed by atoms with Gasteiger partial charge in [-0.25, -0.2) is 4.79 Å². The first kappa shape index (κ1) is 12.8. The van der Waals surface area contributed by atoms with Gasteiger partial charge >= 0.3 is 6.47 Å². The second-order valence-electron chi connectivity index (χ2n) is 3.36. The summed E-state index contributed by atoms with van der Waals surface area (Å²) in [4.78, 5) is 9.72. The van der Waals surface area contributed by atoms with E-state index in [2.05, 4.69) is 10.8 Å². The van der Waals surface area contributed by atoms with Crippen molar-refractivity contribution in [2.75, 3.05) is 6.61 Å².